The third kappa shape index (κ3) is 7.51. The van der Waals surface area contributed by atoms with Crippen LogP contribution >= 0.6 is 11.6 Å². The lowest BCUT2D eigenvalue weighted by atomic mass is 10.2. The second-order valence-corrected chi connectivity index (χ2v) is 10.2. The summed E-state index contributed by atoms with van der Waals surface area (Å²) in [7, 11) is -3.87. The number of sulfonamides is 1. The van der Waals surface area contributed by atoms with Crippen LogP contribution in [-0.4, -0.2) is 36.8 Å². The normalized spacial score (nSPS) is 11.8. The minimum atomic E-state index is -3.87. The van der Waals surface area contributed by atoms with Gasteiger partial charge in [-0.05, 0) is 55.8 Å². The van der Waals surface area contributed by atoms with E-state index in [2.05, 4.69) is 15.8 Å². The standard InChI is InChI=1S/C24H25ClN4O5S/c1-17(2)27-23(30)24(31)28-26-14-20-10-11-21(34-20)16-29(15-18-6-4-3-5-7-18)35(32,33)22-12-8-19(25)9-13-22/h3-14,17H,15-16H2,1-2H3,(H,27,30)(H,28,31)/b26-14+. The molecular formula is C24H25ClN4O5S. The third-order valence-corrected chi connectivity index (χ3v) is 6.71. The van der Waals surface area contributed by atoms with Crippen molar-refractivity contribution in [2.75, 3.05) is 0 Å². The molecule has 2 aromatic carbocycles. The van der Waals surface area contributed by atoms with Crippen LogP contribution in [0.15, 0.2) is 81.1 Å². The molecule has 3 aromatic rings. The maximum atomic E-state index is 13.4. The van der Waals surface area contributed by atoms with Crippen LogP contribution in [0, 0.1) is 0 Å². The molecule has 0 spiro atoms. The van der Waals surface area contributed by atoms with Gasteiger partial charge in [0.05, 0.1) is 17.7 Å². The fourth-order valence-corrected chi connectivity index (χ4v) is 4.54. The topological polar surface area (TPSA) is 121 Å². The summed E-state index contributed by atoms with van der Waals surface area (Å²) in [6, 6.07) is 18.1. The molecule has 35 heavy (non-hydrogen) atoms. The first-order valence-electron chi connectivity index (χ1n) is 10.7. The number of carbonyl (C=O) groups excluding carboxylic acids is 2. The highest BCUT2D eigenvalue weighted by atomic mass is 35.5. The van der Waals surface area contributed by atoms with Crippen LogP contribution in [0.5, 0.6) is 0 Å². The molecule has 2 amide bonds. The number of hydrogen-bond acceptors (Lipinski definition) is 6. The number of nitrogens with zero attached hydrogens (tertiary/aromatic N) is 2. The fourth-order valence-electron chi connectivity index (χ4n) is 3.02. The first-order valence-corrected chi connectivity index (χ1v) is 12.5. The predicted octanol–water partition coefficient (Wildman–Crippen LogP) is 3.30. The van der Waals surface area contributed by atoms with Crippen LogP contribution in [-0.2, 0) is 32.7 Å². The molecule has 0 radical (unpaired) electrons. The van der Waals surface area contributed by atoms with Gasteiger partial charge in [0.2, 0.25) is 10.0 Å². The summed E-state index contributed by atoms with van der Waals surface area (Å²) in [5.74, 6) is -1.08. The third-order valence-electron chi connectivity index (χ3n) is 4.65. The average Bonchev–Trinajstić information content (AvgIpc) is 3.26. The summed E-state index contributed by atoms with van der Waals surface area (Å²) < 4.78 is 33.7. The largest absolute Gasteiger partial charge is 0.459 e. The van der Waals surface area contributed by atoms with Gasteiger partial charge in [-0.15, -0.1) is 0 Å². The van der Waals surface area contributed by atoms with Crippen molar-refractivity contribution >= 4 is 39.7 Å². The number of rotatable bonds is 9. The molecule has 0 aliphatic rings. The molecule has 1 aromatic heterocycles. The Hall–Kier alpha value is -3.47. The summed E-state index contributed by atoms with van der Waals surface area (Å²) in [5, 5.41) is 6.59. The minimum absolute atomic E-state index is 0.0448. The van der Waals surface area contributed by atoms with Gasteiger partial charge in [0.25, 0.3) is 0 Å². The first-order chi connectivity index (χ1) is 16.6. The van der Waals surface area contributed by atoms with Gasteiger partial charge >= 0.3 is 11.8 Å². The number of furan rings is 1. The Morgan fingerprint density at radius 3 is 2.34 bits per heavy atom. The second kappa shape index (κ2) is 11.8. The highest BCUT2D eigenvalue weighted by molar-refractivity contribution is 7.89. The number of hydrogen-bond donors (Lipinski definition) is 2. The minimum Gasteiger partial charge on any atom is -0.459 e. The zero-order valence-electron chi connectivity index (χ0n) is 19.1. The van der Waals surface area contributed by atoms with E-state index in [9.17, 15) is 18.0 Å². The summed E-state index contributed by atoms with van der Waals surface area (Å²) >= 11 is 5.92. The Kier molecular flexibility index (Phi) is 8.80. The highest BCUT2D eigenvalue weighted by Gasteiger charge is 2.26. The SMILES string of the molecule is CC(C)NC(=O)C(=O)N/N=C/c1ccc(CN(Cc2ccccc2)S(=O)(=O)c2ccc(Cl)cc2)o1. The quantitative estimate of drug-likeness (QED) is 0.257. The predicted molar refractivity (Wildman–Crippen MR) is 132 cm³/mol. The van der Waals surface area contributed by atoms with Crippen LogP contribution in [0.2, 0.25) is 5.02 Å². The highest BCUT2D eigenvalue weighted by Crippen LogP contribution is 2.23. The smallest absolute Gasteiger partial charge is 0.329 e. The zero-order chi connectivity index (χ0) is 25.4. The first kappa shape index (κ1) is 26.1. The molecule has 0 unspecified atom stereocenters. The number of nitrogens with one attached hydrogen (secondary N) is 2. The van der Waals surface area contributed by atoms with Gasteiger partial charge in [-0.2, -0.15) is 9.41 Å². The number of hydrazone groups is 1. The van der Waals surface area contributed by atoms with Crippen molar-refractivity contribution in [3.63, 3.8) is 0 Å². The van der Waals surface area contributed by atoms with E-state index in [1.54, 1.807) is 26.0 Å². The lowest BCUT2D eigenvalue weighted by Crippen LogP contribution is -2.41. The molecule has 0 saturated carbocycles. The van der Waals surface area contributed by atoms with Crippen LogP contribution in [0.4, 0.5) is 0 Å². The lowest BCUT2D eigenvalue weighted by molar-refractivity contribution is -0.139. The van der Waals surface area contributed by atoms with Crippen molar-refractivity contribution in [3.8, 4) is 0 Å². The molecule has 0 aliphatic carbocycles. The number of halogens is 1. The Morgan fingerprint density at radius 1 is 1.00 bits per heavy atom. The Labute approximate surface area is 208 Å². The summed E-state index contributed by atoms with van der Waals surface area (Å²) in [5.41, 5.74) is 2.92. The molecule has 0 atom stereocenters. The number of benzene rings is 2. The van der Waals surface area contributed by atoms with Crippen molar-refractivity contribution in [2.24, 2.45) is 5.10 Å². The van der Waals surface area contributed by atoms with Crippen molar-refractivity contribution < 1.29 is 22.4 Å². The van der Waals surface area contributed by atoms with E-state index in [0.717, 1.165) is 5.56 Å². The molecule has 1 heterocycles. The monoisotopic (exact) mass is 516 g/mol. The molecule has 3 rings (SSSR count). The molecule has 0 saturated heterocycles. The van der Waals surface area contributed by atoms with E-state index < -0.39 is 21.8 Å². The van der Waals surface area contributed by atoms with Crippen molar-refractivity contribution in [3.05, 3.63) is 88.8 Å². The molecule has 184 valence electrons. The van der Waals surface area contributed by atoms with Gasteiger partial charge in [-0.25, -0.2) is 13.8 Å². The van der Waals surface area contributed by atoms with E-state index >= 15 is 0 Å². The summed E-state index contributed by atoms with van der Waals surface area (Å²) in [6.07, 6.45) is 1.22. The van der Waals surface area contributed by atoms with Crippen LogP contribution in [0.1, 0.15) is 30.9 Å². The van der Waals surface area contributed by atoms with Crippen molar-refractivity contribution in [1.82, 2.24) is 15.0 Å². The Morgan fingerprint density at radius 2 is 1.69 bits per heavy atom. The van der Waals surface area contributed by atoms with E-state index in [0.29, 0.717) is 10.8 Å². The summed E-state index contributed by atoms with van der Waals surface area (Å²) in [6.45, 7) is 3.54. The van der Waals surface area contributed by atoms with Gasteiger partial charge < -0.3 is 9.73 Å². The molecule has 0 aliphatic heterocycles. The van der Waals surface area contributed by atoms with Crippen molar-refractivity contribution in [1.29, 1.82) is 0 Å². The van der Waals surface area contributed by atoms with Crippen LogP contribution in [0.3, 0.4) is 0 Å². The van der Waals surface area contributed by atoms with Gasteiger partial charge in [0, 0.05) is 17.6 Å². The molecule has 0 fully saturated rings. The summed E-state index contributed by atoms with van der Waals surface area (Å²) in [4.78, 5) is 23.4. The molecular weight excluding hydrogens is 492 g/mol. The Bertz CT molecular complexity index is 1290. The van der Waals surface area contributed by atoms with E-state index in [1.165, 1.54) is 34.8 Å². The van der Waals surface area contributed by atoms with Gasteiger partial charge in [0.15, 0.2) is 0 Å². The van der Waals surface area contributed by atoms with Crippen molar-refractivity contribution in [2.45, 2.75) is 37.9 Å². The van der Waals surface area contributed by atoms with E-state index in [-0.39, 0.29) is 29.8 Å². The average molecular weight is 517 g/mol. The second-order valence-electron chi connectivity index (χ2n) is 7.84. The molecule has 9 nitrogen and oxygen atoms in total. The van der Waals surface area contributed by atoms with E-state index in [4.69, 9.17) is 16.0 Å². The van der Waals surface area contributed by atoms with Gasteiger partial charge in [-0.1, -0.05) is 41.9 Å². The van der Waals surface area contributed by atoms with Gasteiger partial charge in [0.1, 0.15) is 11.5 Å². The maximum Gasteiger partial charge on any atom is 0.329 e. The Balaban J connectivity index is 1.75. The maximum absolute atomic E-state index is 13.4. The molecule has 11 heteroatoms. The van der Waals surface area contributed by atoms with Gasteiger partial charge in [-0.3, -0.25) is 9.59 Å². The lowest BCUT2D eigenvalue weighted by Gasteiger charge is -2.21. The number of carbonyl (C=O) groups is 2. The van der Waals surface area contributed by atoms with E-state index in [1.807, 2.05) is 30.3 Å². The fraction of sp³-hybridized carbons (Fsp3) is 0.208. The zero-order valence-corrected chi connectivity index (χ0v) is 20.7. The van der Waals surface area contributed by atoms with Crippen LogP contribution in [0.25, 0.3) is 0 Å². The molecule has 0 bridgehead atoms. The molecule has 2 N–H and O–H groups in total. The number of amides is 2. The van der Waals surface area contributed by atoms with Crippen LogP contribution < -0.4 is 10.7 Å².